The third-order valence-corrected chi connectivity index (χ3v) is 5.17. The van der Waals surface area contributed by atoms with E-state index in [-0.39, 0.29) is 36.1 Å². The zero-order chi connectivity index (χ0) is 22.1. The highest BCUT2D eigenvalue weighted by atomic mass is 127. The van der Waals surface area contributed by atoms with Crippen LogP contribution < -0.4 is 20.3 Å². The minimum absolute atomic E-state index is 0. The van der Waals surface area contributed by atoms with Crippen molar-refractivity contribution in [3.05, 3.63) is 36.0 Å². The van der Waals surface area contributed by atoms with Crippen LogP contribution in [0.15, 0.2) is 33.8 Å². The smallest absolute Gasteiger partial charge is 0.248 e. The number of hydrogen-bond donors (Lipinski definition) is 2. The predicted molar refractivity (Wildman–Crippen MR) is 136 cm³/mol. The van der Waals surface area contributed by atoms with Crippen molar-refractivity contribution >= 4 is 35.6 Å². The first-order chi connectivity index (χ1) is 15.1. The zero-order valence-corrected chi connectivity index (χ0v) is 21.7. The molecule has 1 aliphatic rings. The molecule has 2 unspecified atom stereocenters. The van der Waals surface area contributed by atoms with E-state index in [9.17, 15) is 0 Å². The van der Waals surface area contributed by atoms with E-state index >= 15 is 0 Å². The number of nitrogens with zero attached hydrogens (tertiary/aromatic N) is 4. The number of aliphatic imine (C=N–C) groups is 1. The largest absolute Gasteiger partial charge is 0.495 e. The average molecular weight is 558 g/mol. The number of hydrogen-bond acceptors (Lipinski definition) is 7. The maximum atomic E-state index is 5.54. The Bertz CT molecular complexity index is 847. The van der Waals surface area contributed by atoms with Crippen molar-refractivity contribution in [1.29, 1.82) is 0 Å². The monoisotopic (exact) mass is 558 g/mol. The van der Waals surface area contributed by atoms with Gasteiger partial charge >= 0.3 is 0 Å². The van der Waals surface area contributed by atoms with Gasteiger partial charge in [-0.3, -0.25) is 0 Å². The number of ether oxygens (including phenoxy) is 2. The standard InChI is InChI=1S/C22H34N6O3.HI/c1-5-23-22(24-14-20-26-21(27-31-20)16(3)30-6-2)25-17-10-9-13-28(15-17)18-11-7-8-12-19(18)29-4;/h7-8,11-12,16-17H,5-6,9-10,13-15H2,1-4H3,(H2,23,24,25);1H. The third kappa shape index (κ3) is 7.22. The first-order valence-corrected chi connectivity index (χ1v) is 11.0. The van der Waals surface area contributed by atoms with Crippen LogP contribution in [0.3, 0.4) is 0 Å². The molecule has 1 aromatic carbocycles. The topological polar surface area (TPSA) is 97.0 Å². The molecule has 2 aromatic rings. The van der Waals surface area contributed by atoms with Crippen LogP contribution in [0.5, 0.6) is 5.75 Å². The van der Waals surface area contributed by atoms with Gasteiger partial charge in [0.25, 0.3) is 0 Å². The molecular weight excluding hydrogens is 523 g/mol. The number of rotatable bonds is 9. The minimum Gasteiger partial charge on any atom is -0.495 e. The summed E-state index contributed by atoms with van der Waals surface area (Å²) in [6, 6.07) is 8.43. The lowest BCUT2D eigenvalue weighted by Gasteiger charge is -2.36. The highest BCUT2D eigenvalue weighted by Gasteiger charge is 2.23. The second-order valence-corrected chi connectivity index (χ2v) is 7.44. The van der Waals surface area contributed by atoms with Crippen molar-refractivity contribution in [3.8, 4) is 5.75 Å². The van der Waals surface area contributed by atoms with Gasteiger partial charge in [-0.1, -0.05) is 17.3 Å². The van der Waals surface area contributed by atoms with Crippen LogP contribution in [0.1, 0.15) is 51.4 Å². The predicted octanol–water partition coefficient (Wildman–Crippen LogP) is 3.52. The van der Waals surface area contributed by atoms with E-state index in [1.807, 2.05) is 39.0 Å². The zero-order valence-electron chi connectivity index (χ0n) is 19.3. The summed E-state index contributed by atoms with van der Waals surface area (Å²) in [5, 5.41) is 10.9. The molecule has 1 aromatic heterocycles. The van der Waals surface area contributed by atoms with Crippen molar-refractivity contribution in [3.63, 3.8) is 0 Å². The highest BCUT2D eigenvalue weighted by Crippen LogP contribution is 2.29. The molecule has 0 saturated carbocycles. The lowest BCUT2D eigenvalue weighted by Crippen LogP contribution is -2.51. The summed E-state index contributed by atoms with van der Waals surface area (Å²) in [4.78, 5) is 11.4. The molecule has 0 amide bonds. The van der Waals surface area contributed by atoms with E-state index in [1.54, 1.807) is 7.11 Å². The lowest BCUT2D eigenvalue weighted by atomic mass is 10.0. The fraction of sp³-hybridized carbons (Fsp3) is 0.591. The van der Waals surface area contributed by atoms with Crippen LogP contribution in [-0.2, 0) is 11.3 Å². The molecule has 32 heavy (non-hydrogen) atoms. The molecule has 1 fully saturated rings. The highest BCUT2D eigenvalue weighted by molar-refractivity contribution is 14.0. The first kappa shape index (κ1) is 26.2. The summed E-state index contributed by atoms with van der Waals surface area (Å²) in [5.41, 5.74) is 1.13. The fourth-order valence-electron chi connectivity index (χ4n) is 3.69. The van der Waals surface area contributed by atoms with E-state index in [1.165, 1.54) is 0 Å². The van der Waals surface area contributed by atoms with Crippen molar-refractivity contribution in [2.45, 2.75) is 52.3 Å². The fourth-order valence-corrected chi connectivity index (χ4v) is 3.69. The molecule has 2 N–H and O–H groups in total. The summed E-state index contributed by atoms with van der Waals surface area (Å²) < 4.78 is 16.4. The van der Waals surface area contributed by atoms with Gasteiger partial charge < -0.3 is 29.5 Å². The van der Waals surface area contributed by atoms with Gasteiger partial charge in [-0.25, -0.2) is 4.99 Å². The second kappa shape index (κ2) is 13.5. The average Bonchev–Trinajstić information content (AvgIpc) is 3.27. The van der Waals surface area contributed by atoms with Gasteiger partial charge in [0.15, 0.2) is 11.8 Å². The van der Waals surface area contributed by atoms with Crippen LogP contribution in [0.25, 0.3) is 0 Å². The molecule has 0 bridgehead atoms. The molecule has 10 heteroatoms. The van der Waals surface area contributed by atoms with E-state index in [0.29, 0.717) is 24.9 Å². The number of guanidine groups is 1. The summed E-state index contributed by atoms with van der Waals surface area (Å²) in [6.45, 7) is 9.46. The number of nitrogens with one attached hydrogen (secondary N) is 2. The molecule has 2 atom stereocenters. The van der Waals surface area contributed by atoms with Gasteiger partial charge in [0.1, 0.15) is 18.4 Å². The van der Waals surface area contributed by atoms with E-state index in [4.69, 9.17) is 14.0 Å². The molecule has 1 aliphatic heterocycles. The summed E-state index contributed by atoms with van der Waals surface area (Å²) in [7, 11) is 1.71. The maximum Gasteiger partial charge on any atom is 0.248 e. The lowest BCUT2D eigenvalue weighted by molar-refractivity contribution is 0.0683. The van der Waals surface area contributed by atoms with E-state index in [2.05, 4.69) is 36.7 Å². The number of halogens is 1. The Balaban J connectivity index is 0.00000363. The Labute approximate surface area is 207 Å². The number of methoxy groups -OCH3 is 1. The molecule has 0 radical (unpaired) electrons. The van der Waals surface area contributed by atoms with Crippen LogP contribution >= 0.6 is 24.0 Å². The Morgan fingerprint density at radius 3 is 2.91 bits per heavy atom. The molecule has 1 saturated heterocycles. The van der Waals surface area contributed by atoms with Crippen LogP contribution in [-0.4, -0.2) is 55.5 Å². The van der Waals surface area contributed by atoms with Crippen LogP contribution in [0, 0.1) is 0 Å². The van der Waals surface area contributed by atoms with E-state index < -0.39 is 0 Å². The van der Waals surface area contributed by atoms with Gasteiger partial charge in [0, 0.05) is 32.3 Å². The molecular formula is C22H35IN6O3. The van der Waals surface area contributed by atoms with Gasteiger partial charge in [-0.05, 0) is 45.7 Å². The number of anilines is 1. The molecule has 9 nitrogen and oxygen atoms in total. The normalized spacial score (nSPS) is 17.4. The van der Waals surface area contributed by atoms with Gasteiger partial charge in [-0.15, -0.1) is 24.0 Å². The molecule has 3 rings (SSSR count). The van der Waals surface area contributed by atoms with Crippen LogP contribution in [0.4, 0.5) is 5.69 Å². The Hall–Kier alpha value is -2.08. The van der Waals surface area contributed by atoms with Crippen molar-refractivity contribution in [2.24, 2.45) is 4.99 Å². The van der Waals surface area contributed by atoms with E-state index in [0.717, 1.165) is 49.9 Å². The third-order valence-electron chi connectivity index (χ3n) is 5.17. The summed E-state index contributed by atoms with van der Waals surface area (Å²) in [6.07, 6.45) is 1.98. The quantitative estimate of drug-likeness (QED) is 0.274. The van der Waals surface area contributed by atoms with Crippen LogP contribution in [0.2, 0.25) is 0 Å². The van der Waals surface area contributed by atoms with Crippen molar-refractivity contribution < 1.29 is 14.0 Å². The molecule has 178 valence electrons. The minimum atomic E-state index is -0.193. The Kier molecular flexibility index (Phi) is 11.0. The molecule has 0 aliphatic carbocycles. The van der Waals surface area contributed by atoms with Gasteiger partial charge in [0.05, 0.1) is 12.8 Å². The number of benzene rings is 1. The molecule has 0 spiro atoms. The van der Waals surface area contributed by atoms with Gasteiger partial charge in [-0.2, -0.15) is 4.98 Å². The Morgan fingerprint density at radius 2 is 2.16 bits per heavy atom. The second-order valence-electron chi connectivity index (χ2n) is 7.44. The van der Waals surface area contributed by atoms with Crippen molar-refractivity contribution in [1.82, 2.24) is 20.8 Å². The number of aromatic nitrogens is 2. The van der Waals surface area contributed by atoms with Crippen molar-refractivity contribution in [2.75, 3.05) is 38.3 Å². The van der Waals surface area contributed by atoms with Gasteiger partial charge in [0.2, 0.25) is 5.89 Å². The number of para-hydroxylation sites is 2. The Morgan fingerprint density at radius 1 is 1.34 bits per heavy atom. The number of piperidine rings is 1. The maximum absolute atomic E-state index is 5.54. The summed E-state index contributed by atoms with van der Waals surface area (Å²) >= 11 is 0. The summed E-state index contributed by atoms with van der Waals surface area (Å²) in [5.74, 6) is 2.66. The SMILES string of the molecule is CCNC(=NCc1nc(C(C)OCC)no1)NC1CCCN(c2ccccc2OC)C1.I. The molecule has 2 heterocycles. The first-order valence-electron chi connectivity index (χ1n) is 11.0.